The molecule has 4 aromatic rings. The van der Waals surface area contributed by atoms with E-state index in [1.54, 1.807) is 0 Å². The smallest absolute Gasteiger partial charge is 0.0774 e. The van der Waals surface area contributed by atoms with Crippen LogP contribution < -0.4 is 0 Å². The molecule has 1 heterocycles. The molecular weight excluding hydrogens is 709 g/mol. The third kappa shape index (κ3) is 6.16. The summed E-state index contributed by atoms with van der Waals surface area (Å²) in [4.78, 5) is 4.79. The Bertz CT molecular complexity index is 1430. The molecule has 1 radical (unpaired) electrons. The van der Waals surface area contributed by atoms with Crippen molar-refractivity contribution in [1.29, 1.82) is 0 Å². The second-order valence-corrected chi connectivity index (χ2v) is 13.4. The Morgan fingerprint density at radius 3 is 1.98 bits per heavy atom. The normalized spacial score (nSPS) is 29.2. The average Bonchev–Trinajstić information content (AvgIpc) is 3.85. The van der Waals surface area contributed by atoms with Gasteiger partial charge in [-0.1, -0.05) is 81.7 Å². The van der Waals surface area contributed by atoms with Gasteiger partial charge in [-0.15, -0.1) is 35.9 Å². The van der Waals surface area contributed by atoms with E-state index in [0.717, 1.165) is 39.9 Å². The Kier molecular flexibility index (Phi) is 9.84. The molecule has 4 aliphatic rings. The molecule has 6 atom stereocenters. The van der Waals surface area contributed by atoms with Crippen LogP contribution >= 0.6 is 0 Å². The van der Waals surface area contributed by atoms with Gasteiger partial charge in [0.1, 0.15) is 0 Å². The first kappa shape index (κ1) is 30.7. The molecule has 4 nitrogen and oxygen atoms in total. The summed E-state index contributed by atoms with van der Waals surface area (Å²) in [5.41, 5.74) is 4.21. The van der Waals surface area contributed by atoms with Gasteiger partial charge in [0, 0.05) is 31.7 Å². The predicted molar refractivity (Wildman–Crippen MR) is 169 cm³/mol. The Morgan fingerprint density at radius 2 is 1.28 bits per heavy atom. The van der Waals surface area contributed by atoms with Crippen LogP contribution in [0.1, 0.15) is 70.6 Å². The van der Waals surface area contributed by atoms with Crippen LogP contribution in [0.4, 0.5) is 0 Å². The number of fused-ring (bicyclic) bond motifs is 2. The number of hydrogen-bond acceptors (Lipinski definition) is 3. The molecule has 2 N–H and O–H groups in total. The molecule has 5 heteroatoms. The zero-order chi connectivity index (χ0) is 28.5. The third-order valence-corrected chi connectivity index (χ3v) is 11.2. The predicted octanol–water partition coefficient (Wildman–Crippen LogP) is 8.24. The van der Waals surface area contributed by atoms with Crippen molar-refractivity contribution in [3.63, 3.8) is 0 Å². The van der Waals surface area contributed by atoms with Crippen LogP contribution in [-0.4, -0.2) is 32.0 Å². The molecule has 4 fully saturated rings. The van der Waals surface area contributed by atoms with E-state index in [0.29, 0.717) is 17.8 Å². The summed E-state index contributed by atoms with van der Waals surface area (Å²) in [7, 11) is 0. The van der Waals surface area contributed by atoms with Gasteiger partial charge in [0.2, 0.25) is 0 Å². The molecule has 43 heavy (non-hydrogen) atoms. The molecule has 0 aliphatic heterocycles. The number of imidazole rings is 1. The van der Waals surface area contributed by atoms with E-state index >= 15 is 0 Å². The molecule has 8 rings (SSSR count). The number of nitrogens with zero attached hydrogens (tertiary/aromatic N) is 2. The summed E-state index contributed by atoms with van der Waals surface area (Å²) in [5, 5.41) is 21.9. The number of aromatic nitrogens is 2. The molecule has 4 unspecified atom stereocenters. The Balaban J connectivity index is 0.000000150. The maximum atomic E-state index is 11.0. The zero-order valence-electron chi connectivity index (χ0n) is 25.0. The van der Waals surface area contributed by atoms with Gasteiger partial charge in [-0.2, -0.15) is 0 Å². The molecule has 0 saturated heterocycles. The van der Waals surface area contributed by atoms with Gasteiger partial charge in [0.05, 0.1) is 29.1 Å². The van der Waals surface area contributed by atoms with Gasteiger partial charge in [-0.25, -0.2) is 0 Å². The maximum absolute atomic E-state index is 11.0. The van der Waals surface area contributed by atoms with Crippen molar-refractivity contribution in [2.24, 2.45) is 35.5 Å². The fraction of sp³-hybridized carbons (Fsp3) is 0.500. The minimum atomic E-state index is -0.215. The summed E-state index contributed by atoms with van der Waals surface area (Å²) < 4.78 is 2.18. The van der Waals surface area contributed by atoms with E-state index in [9.17, 15) is 10.2 Å². The minimum absolute atomic E-state index is 0. The van der Waals surface area contributed by atoms with Crippen molar-refractivity contribution in [3.8, 4) is 17.1 Å². The first-order valence-corrected chi connectivity index (χ1v) is 16.5. The van der Waals surface area contributed by atoms with E-state index in [1.165, 1.54) is 70.6 Å². The van der Waals surface area contributed by atoms with Crippen molar-refractivity contribution >= 4 is 11.0 Å². The minimum Gasteiger partial charge on any atom is -0.392 e. The maximum Gasteiger partial charge on any atom is 0.0774 e. The summed E-state index contributed by atoms with van der Waals surface area (Å²) in [6.45, 7) is 0. The number of rotatable bonds is 4. The van der Waals surface area contributed by atoms with Gasteiger partial charge in [0.15, 0.2) is 0 Å². The summed E-state index contributed by atoms with van der Waals surface area (Å²) in [6, 6.07) is 29.7. The fourth-order valence-corrected chi connectivity index (χ4v) is 9.20. The van der Waals surface area contributed by atoms with Gasteiger partial charge < -0.3 is 14.8 Å². The Hall–Kier alpha value is -2.30. The Morgan fingerprint density at radius 1 is 0.651 bits per heavy atom. The number of aliphatic hydroxyl groups is 2. The van der Waals surface area contributed by atoms with Gasteiger partial charge in [0.25, 0.3) is 0 Å². The van der Waals surface area contributed by atoms with E-state index in [2.05, 4.69) is 28.8 Å². The van der Waals surface area contributed by atoms with E-state index in [-0.39, 0.29) is 38.2 Å². The van der Waals surface area contributed by atoms with Crippen LogP contribution in [-0.2, 0) is 20.1 Å². The second-order valence-electron chi connectivity index (χ2n) is 13.4. The van der Waals surface area contributed by atoms with Crippen molar-refractivity contribution in [2.75, 3.05) is 0 Å². The molecule has 0 bridgehead atoms. The molecule has 0 amide bonds. The van der Waals surface area contributed by atoms with Crippen molar-refractivity contribution < 1.29 is 30.3 Å². The second kappa shape index (κ2) is 13.8. The molecule has 4 aliphatic carbocycles. The number of aliphatic hydroxyl groups excluding tert-OH is 2. The molecule has 0 spiro atoms. The third-order valence-electron chi connectivity index (χ3n) is 11.2. The number of benzene rings is 3. The average molecular weight is 754 g/mol. The van der Waals surface area contributed by atoms with Crippen LogP contribution in [0.3, 0.4) is 0 Å². The summed E-state index contributed by atoms with van der Waals surface area (Å²) >= 11 is 0. The number of para-hydroxylation sites is 3. The van der Waals surface area contributed by atoms with Gasteiger partial charge in [-0.05, 0) is 73.1 Å². The molecule has 3 aromatic carbocycles. The fourth-order valence-electron chi connectivity index (χ4n) is 9.20. The van der Waals surface area contributed by atoms with Crippen molar-refractivity contribution in [2.45, 2.75) is 82.8 Å². The topological polar surface area (TPSA) is 58.3 Å². The van der Waals surface area contributed by atoms with Crippen molar-refractivity contribution in [3.05, 3.63) is 84.9 Å². The SMILES string of the molecule is OC1C2C(CC[C@@H]1C1CCCC1)C[C@H](C1CCCC1)C2O.[Ir].[c-]1ccccc1-c1nc2ccccc2n1-c1ccccc1. The molecular formula is C38H45IrN2O2-. The quantitative estimate of drug-likeness (QED) is 0.207. The standard InChI is InChI=1S/C19H13N2.C19H32O2.Ir/c1-3-9-15(10-4-1)19-20-17-13-7-8-14-18(17)21(19)16-11-5-2-6-12-16;20-18-15(12-5-1-2-6-12)10-9-14-11-16(19(21)17(14)18)13-7-3-4-8-13;/h1-9,11-14H;12-21H,1-11H2;/q-1;;/t;14?,15-,16-,17?,18?,19?;/m.1./s1. The molecule has 4 saturated carbocycles. The first-order chi connectivity index (χ1) is 20.7. The number of hydrogen-bond donors (Lipinski definition) is 2. The monoisotopic (exact) mass is 754 g/mol. The first-order valence-electron chi connectivity index (χ1n) is 16.5. The van der Waals surface area contributed by atoms with E-state index in [4.69, 9.17) is 4.98 Å². The largest absolute Gasteiger partial charge is 0.392 e. The Labute approximate surface area is 270 Å². The summed E-state index contributed by atoms with van der Waals surface area (Å²) in [5.74, 6) is 4.22. The van der Waals surface area contributed by atoms with Crippen molar-refractivity contribution in [1.82, 2.24) is 9.55 Å². The molecule has 1 aromatic heterocycles. The van der Waals surface area contributed by atoms with Crippen LogP contribution in [0.15, 0.2) is 78.9 Å². The summed E-state index contributed by atoms with van der Waals surface area (Å²) in [6.07, 6.45) is 14.0. The van der Waals surface area contributed by atoms with Gasteiger partial charge >= 0.3 is 0 Å². The zero-order valence-corrected chi connectivity index (χ0v) is 27.4. The van der Waals surface area contributed by atoms with Crippen LogP contribution in [0.2, 0.25) is 0 Å². The van der Waals surface area contributed by atoms with Crippen LogP contribution in [0.5, 0.6) is 0 Å². The molecule has 229 valence electrons. The van der Waals surface area contributed by atoms with Gasteiger partial charge in [-0.3, -0.25) is 4.98 Å². The van der Waals surface area contributed by atoms with E-state index in [1.807, 2.05) is 60.7 Å². The van der Waals surface area contributed by atoms with Crippen LogP contribution in [0.25, 0.3) is 28.1 Å². The van der Waals surface area contributed by atoms with Crippen LogP contribution in [0, 0.1) is 41.6 Å². The van der Waals surface area contributed by atoms with E-state index < -0.39 is 0 Å².